The summed E-state index contributed by atoms with van der Waals surface area (Å²) >= 11 is 0. The van der Waals surface area contributed by atoms with Gasteiger partial charge in [-0.05, 0) is 25.0 Å². The summed E-state index contributed by atoms with van der Waals surface area (Å²) in [6.45, 7) is 0.470. The number of carbonyl (C=O) groups excluding carboxylic acids is 2. The number of benzene rings is 1. The number of para-hydroxylation sites is 1. The van der Waals surface area contributed by atoms with Crippen LogP contribution in [0.25, 0.3) is 0 Å². The Morgan fingerprint density at radius 2 is 1.70 bits per heavy atom. The van der Waals surface area contributed by atoms with Crippen molar-refractivity contribution in [2.75, 3.05) is 11.9 Å². The van der Waals surface area contributed by atoms with E-state index in [1.807, 2.05) is 30.3 Å². The normalized spacial score (nSPS) is 10.4. The van der Waals surface area contributed by atoms with E-state index >= 15 is 0 Å². The fraction of sp³-hybridized carbons (Fsp3) is 0.350. The standard InChI is InChI=1S/C20H24N2O5/c23-16-13-18(27-14-17(16)24)20(26)21-12-8-3-1-2-7-11-19(25)22-15-9-5-4-6-10-15/h4-6,9-10,13-14,24H,1-3,7-8,11-12H2,(H,21,26)(H,22,25). The SMILES string of the molecule is O=C(CCCCCCCNC(=O)c1cc(=O)c(O)co1)Nc1ccccc1. The first-order valence-corrected chi connectivity index (χ1v) is 9.01. The van der Waals surface area contributed by atoms with Gasteiger partial charge in [-0.1, -0.05) is 37.5 Å². The van der Waals surface area contributed by atoms with E-state index in [-0.39, 0.29) is 11.7 Å². The van der Waals surface area contributed by atoms with Crippen LogP contribution in [0.1, 0.15) is 49.1 Å². The highest BCUT2D eigenvalue weighted by molar-refractivity contribution is 5.91. The Morgan fingerprint density at radius 1 is 1.00 bits per heavy atom. The minimum Gasteiger partial charge on any atom is -0.502 e. The molecule has 3 N–H and O–H groups in total. The number of rotatable bonds is 10. The molecule has 0 fully saturated rings. The molecule has 0 aliphatic heterocycles. The van der Waals surface area contributed by atoms with Gasteiger partial charge in [0.15, 0.2) is 11.5 Å². The number of hydrogen-bond acceptors (Lipinski definition) is 5. The summed E-state index contributed by atoms with van der Waals surface area (Å²) in [5.41, 5.74) is 0.158. The van der Waals surface area contributed by atoms with Crippen molar-refractivity contribution in [1.82, 2.24) is 5.32 Å². The maximum atomic E-state index is 11.8. The molecule has 27 heavy (non-hydrogen) atoms. The number of anilines is 1. The average Bonchev–Trinajstić information content (AvgIpc) is 2.66. The Bertz CT molecular complexity index is 802. The van der Waals surface area contributed by atoms with E-state index in [0.29, 0.717) is 13.0 Å². The smallest absolute Gasteiger partial charge is 0.287 e. The highest BCUT2D eigenvalue weighted by atomic mass is 16.4. The minimum absolute atomic E-state index is 0.0175. The minimum atomic E-state index is -0.650. The lowest BCUT2D eigenvalue weighted by atomic mass is 10.1. The zero-order valence-electron chi connectivity index (χ0n) is 15.1. The third kappa shape index (κ3) is 7.35. The third-order valence-electron chi connectivity index (χ3n) is 3.96. The summed E-state index contributed by atoms with van der Waals surface area (Å²) < 4.78 is 4.88. The Balaban J connectivity index is 1.51. The number of carbonyl (C=O) groups is 2. The van der Waals surface area contributed by atoms with E-state index < -0.39 is 17.1 Å². The quantitative estimate of drug-likeness (QED) is 0.556. The van der Waals surface area contributed by atoms with Crippen LogP contribution in [0.5, 0.6) is 5.75 Å². The predicted molar refractivity (Wildman–Crippen MR) is 102 cm³/mol. The van der Waals surface area contributed by atoms with Crippen molar-refractivity contribution >= 4 is 17.5 Å². The van der Waals surface area contributed by atoms with E-state index in [2.05, 4.69) is 10.6 Å². The summed E-state index contributed by atoms with van der Waals surface area (Å²) in [6.07, 6.45) is 5.82. The number of unbranched alkanes of at least 4 members (excludes halogenated alkanes) is 4. The molecule has 1 aromatic carbocycles. The maximum absolute atomic E-state index is 11.8. The summed E-state index contributed by atoms with van der Waals surface area (Å²) in [7, 11) is 0. The molecule has 0 aliphatic carbocycles. The molecule has 2 rings (SSSR count). The molecule has 7 heteroatoms. The van der Waals surface area contributed by atoms with E-state index in [4.69, 9.17) is 9.52 Å². The zero-order chi connectivity index (χ0) is 19.5. The number of nitrogens with one attached hydrogen (secondary N) is 2. The molecule has 0 bridgehead atoms. The second-order valence-corrected chi connectivity index (χ2v) is 6.18. The second kappa shape index (κ2) is 10.8. The molecule has 0 spiro atoms. The number of amides is 2. The largest absolute Gasteiger partial charge is 0.502 e. The molecular weight excluding hydrogens is 348 g/mol. The van der Waals surface area contributed by atoms with Crippen LogP contribution >= 0.6 is 0 Å². The van der Waals surface area contributed by atoms with Crippen molar-refractivity contribution in [3.63, 3.8) is 0 Å². The summed E-state index contributed by atoms with van der Waals surface area (Å²) in [5.74, 6) is -1.11. The van der Waals surface area contributed by atoms with Crippen LogP contribution in [-0.4, -0.2) is 23.5 Å². The number of hydrogen-bond donors (Lipinski definition) is 3. The molecule has 144 valence electrons. The van der Waals surface area contributed by atoms with Crippen LogP contribution in [0.3, 0.4) is 0 Å². The summed E-state index contributed by atoms with van der Waals surface area (Å²) in [6, 6.07) is 10.3. The second-order valence-electron chi connectivity index (χ2n) is 6.18. The molecule has 1 heterocycles. The Morgan fingerprint density at radius 3 is 2.44 bits per heavy atom. The van der Waals surface area contributed by atoms with E-state index in [0.717, 1.165) is 50.1 Å². The van der Waals surface area contributed by atoms with Crippen LogP contribution < -0.4 is 16.1 Å². The lowest BCUT2D eigenvalue weighted by Crippen LogP contribution is -2.25. The van der Waals surface area contributed by atoms with E-state index in [1.165, 1.54) is 0 Å². The molecule has 0 aliphatic rings. The van der Waals surface area contributed by atoms with Crippen LogP contribution in [0.15, 0.2) is 51.9 Å². The molecule has 2 aromatic rings. The maximum Gasteiger partial charge on any atom is 0.287 e. The molecule has 0 saturated carbocycles. The molecule has 0 radical (unpaired) electrons. The van der Waals surface area contributed by atoms with Crippen molar-refractivity contribution < 1.29 is 19.1 Å². The molecule has 0 saturated heterocycles. The van der Waals surface area contributed by atoms with Gasteiger partial charge in [-0.25, -0.2) is 0 Å². The van der Waals surface area contributed by atoms with Gasteiger partial charge in [0, 0.05) is 24.7 Å². The van der Waals surface area contributed by atoms with Crippen LogP contribution in [0, 0.1) is 0 Å². The van der Waals surface area contributed by atoms with Gasteiger partial charge >= 0.3 is 0 Å². The first kappa shape index (κ1) is 20.2. The zero-order valence-corrected chi connectivity index (χ0v) is 15.1. The number of aromatic hydroxyl groups is 1. The van der Waals surface area contributed by atoms with Gasteiger partial charge < -0.3 is 20.2 Å². The Kier molecular flexibility index (Phi) is 8.09. The first-order chi connectivity index (χ1) is 13.1. The van der Waals surface area contributed by atoms with Gasteiger partial charge in [0.25, 0.3) is 5.91 Å². The fourth-order valence-electron chi connectivity index (χ4n) is 2.50. The van der Waals surface area contributed by atoms with Crippen LogP contribution in [0.4, 0.5) is 5.69 Å². The summed E-state index contributed by atoms with van der Waals surface area (Å²) in [4.78, 5) is 34.8. The third-order valence-corrected chi connectivity index (χ3v) is 3.96. The van der Waals surface area contributed by atoms with E-state index in [1.54, 1.807) is 0 Å². The van der Waals surface area contributed by atoms with Crippen molar-refractivity contribution in [1.29, 1.82) is 0 Å². The predicted octanol–water partition coefficient (Wildman–Crippen LogP) is 3.05. The summed E-state index contributed by atoms with van der Waals surface area (Å²) in [5, 5.41) is 14.6. The molecule has 2 amide bonds. The van der Waals surface area contributed by atoms with Crippen molar-refractivity contribution in [3.05, 3.63) is 58.6 Å². The molecular formula is C20H24N2O5. The van der Waals surface area contributed by atoms with Gasteiger partial charge in [-0.15, -0.1) is 0 Å². The van der Waals surface area contributed by atoms with Crippen molar-refractivity contribution in [3.8, 4) is 5.75 Å². The lowest BCUT2D eigenvalue weighted by Gasteiger charge is -2.06. The van der Waals surface area contributed by atoms with E-state index in [9.17, 15) is 14.4 Å². The highest BCUT2D eigenvalue weighted by Crippen LogP contribution is 2.09. The topological polar surface area (TPSA) is 109 Å². The van der Waals surface area contributed by atoms with Crippen LogP contribution in [-0.2, 0) is 4.79 Å². The van der Waals surface area contributed by atoms with Crippen molar-refractivity contribution in [2.24, 2.45) is 0 Å². The monoisotopic (exact) mass is 372 g/mol. The fourth-order valence-corrected chi connectivity index (χ4v) is 2.50. The average molecular weight is 372 g/mol. The molecule has 0 atom stereocenters. The molecule has 7 nitrogen and oxygen atoms in total. The van der Waals surface area contributed by atoms with Crippen LogP contribution in [0.2, 0.25) is 0 Å². The van der Waals surface area contributed by atoms with Gasteiger partial charge in [0.1, 0.15) is 6.26 Å². The van der Waals surface area contributed by atoms with Gasteiger partial charge in [0.05, 0.1) is 0 Å². The van der Waals surface area contributed by atoms with Gasteiger partial charge in [-0.3, -0.25) is 14.4 Å². The van der Waals surface area contributed by atoms with Gasteiger partial charge in [0.2, 0.25) is 11.3 Å². The Hall–Kier alpha value is -3.09. The van der Waals surface area contributed by atoms with Crippen molar-refractivity contribution in [2.45, 2.75) is 38.5 Å². The van der Waals surface area contributed by atoms with Gasteiger partial charge in [-0.2, -0.15) is 0 Å². The lowest BCUT2D eigenvalue weighted by molar-refractivity contribution is -0.116. The molecule has 0 unspecified atom stereocenters. The Labute approximate surface area is 157 Å². The molecule has 1 aromatic heterocycles. The first-order valence-electron chi connectivity index (χ1n) is 9.01. The highest BCUT2D eigenvalue weighted by Gasteiger charge is 2.10.